The molecule has 7 nitrogen and oxygen atoms in total. The minimum absolute atomic E-state index is 0.265. The first-order valence-electron chi connectivity index (χ1n) is 8.19. The number of nitrogens with one attached hydrogen (secondary N) is 1. The lowest BCUT2D eigenvalue weighted by Crippen LogP contribution is -2.19. The minimum atomic E-state index is -0.373. The Kier molecular flexibility index (Phi) is 3.85. The number of hydrogen-bond donors (Lipinski definition) is 2. The molecule has 1 aromatic carbocycles. The number of allylic oxidation sites excluding steroid dienone is 1. The standard InChI is InChI=1S/C19H17N5O2/c1-11(2)16(10-25)24-18-17(23-19(24)26)21-9-15(22-18)13-5-3-7-14-12(13)6-4-8-20-14/h3-9,25H,10H2,1-2H3,(H,21,23,26). The third kappa shape index (κ3) is 2.49. The van der Waals surface area contributed by atoms with Crippen molar-refractivity contribution in [2.45, 2.75) is 13.8 Å². The second kappa shape index (κ2) is 6.20. The van der Waals surface area contributed by atoms with Crippen molar-refractivity contribution in [2.75, 3.05) is 6.61 Å². The Morgan fingerprint density at radius 3 is 2.81 bits per heavy atom. The van der Waals surface area contributed by atoms with E-state index >= 15 is 0 Å². The predicted octanol–water partition coefficient (Wildman–Crippen LogP) is 2.58. The maximum absolute atomic E-state index is 12.4. The van der Waals surface area contributed by atoms with E-state index in [2.05, 4.69) is 19.9 Å². The Morgan fingerprint density at radius 1 is 1.19 bits per heavy atom. The van der Waals surface area contributed by atoms with E-state index in [9.17, 15) is 9.90 Å². The molecule has 0 radical (unpaired) electrons. The summed E-state index contributed by atoms with van der Waals surface area (Å²) >= 11 is 0. The maximum atomic E-state index is 12.4. The molecule has 3 heterocycles. The van der Waals surface area contributed by atoms with E-state index < -0.39 is 0 Å². The molecular formula is C19H17N5O2. The Balaban J connectivity index is 2.02. The summed E-state index contributed by atoms with van der Waals surface area (Å²) in [6, 6.07) is 9.64. The number of aromatic nitrogens is 5. The Hall–Kier alpha value is -3.32. The van der Waals surface area contributed by atoms with Crippen LogP contribution in [0, 0.1) is 0 Å². The van der Waals surface area contributed by atoms with Gasteiger partial charge in [0.05, 0.1) is 29.7 Å². The summed E-state index contributed by atoms with van der Waals surface area (Å²) in [6.07, 6.45) is 3.37. The molecule has 0 aliphatic heterocycles. The number of aliphatic hydroxyl groups excluding tert-OH is 1. The number of aromatic amines is 1. The average molecular weight is 347 g/mol. The van der Waals surface area contributed by atoms with Gasteiger partial charge in [0.25, 0.3) is 0 Å². The molecule has 7 heteroatoms. The molecule has 0 aliphatic rings. The van der Waals surface area contributed by atoms with Gasteiger partial charge in [-0.1, -0.05) is 23.8 Å². The molecule has 26 heavy (non-hydrogen) atoms. The number of H-pyrrole nitrogens is 1. The zero-order chi connectivity index (χ0) is 18.3. The van der Waals surface area contributed by atoms with Crippen LogP contribution in [-0.4, -0.2) is 36.2 Å². The largest absolute Gasteiger partial charge is 0.390 e. The van der Waals surface area contributed by atoms with Gasteiger partial charge in [-0.05, 0) is 26.0 Å². The smallest absolute Gasteiger partial charge is 0.333 e. The number of pyridine rings is 1. The van der Waals surface area contributed by atoms with Crippen molar-refractivity contribution in [3.05, 3.63) is 58.8 Å². The molecule has 4 rings (SSSR count). The van der Waals surface area contributed by atoms with Gasteiger partial charge < -0.3 is 5.11 Å². The molecule has 0 aliphatic carbocycles. The highest BCUT2D eigenvalue weighted by Crippen LogP contribution is 2.27. The van der Waals surface area contributed by atoms with E-state index in [0.717, 1.165) is 22.0 Å². The van der Waals surface area contributed by atoms with E-state index in [1.54, 1.807) is 12.4 Å². The van der Waals surface area contributed by atoms with Gasteiger partial charge in [0.1, 0.15) is 0 Å². The van der Waals surface area contributed by atoms with Crippen LogP contribution in [0.15, 0.2) is 53.1 Å². The molecular weight excluding hydrogens is 330 g/mol. The number of imidazole rings is 1. The summed E-state index contributed by atoms with van der Waals surface area (Å²) in [4.78, 5) is 28.5. The van der Waals surface area contributed by atoms with E-state index in [0.29, 0.717) is 22.7 Å². The predicted molar refractivity (Wildman–Crippen MR) is 101 cm³/mol. The van der Waals surface area contributed by atoms with Gasteiger partial charge in [-0.3, -0.25) is 9.97 Å². The number of rotatable bonds is 3. The third-order valence-electron chi connectivity index (χ3n) is 4.31. The zero-order valence-corrected chi connectivity index (χ0v) is 14.4. The Labute approximate surface area is 148 Å². The van der Waals surface area contributed by atoms with Crippen molar-refractivity contribution in [1.29, 1.82) is 0 Å². The lowest BCUT2D eigenvalue weighted by atomic mass is 10.1. The molecule has 0 unspecified atom stereocenters. The summed E-state index contributed by atoms with van der Waals surface area (Å²) in [7, 11) is 0. The molecule has 0 spiro atoms. The van der Waals surface area contributed by atoms with Crippen molar-refractivity contribution in [3.8, 4) is 11.3 Å². The van der Waals surface area contributed by atoms with Gasteiger partial charge in [0.15, 0.2) is 11.3 Å². The van der Waals surface area contributed by atoms with Crippen LogP contribution in [-0.2, 0) is 0 Å². The van der Waals surface area contributed by atoms with Crippen molar-refractivity contribution in [1.82, 2.24) is 24.5 Å². The van der Waals surface area contributed by atoms with Crippen molar-refractivity contribution in [3.63, 3.8) is 0 Å². The van der Waals surface area contributed by atoms with E-state index in [4.69, 9.17) is 0 Å². The number of fused-ring (bicyclic) bond motifs is 2. The van der Waals surface area contributed by atoms with E-state index in [1.165, 1.54) is 4.57 Å². The number of nitrogens with zero attached hydrogens (tertiary/aromatic N) is 4. The van der Waals surface area contributed by atoms with Crippen LogP contribution in [0.5, 0.6) is 0 Å². The summed E-state index contributed by atoms with van der Waals surface area (Å²) < 4.78 is 1.38. The minimum Gasteiger partial charge on any atom is -0.390 e. The van der Waals surface area contributed by atoms with Gasteiger partial charge in [-0.15, -0.1) is 0 Å². The van der Waals surface area contributed by atoms with E-state index in [1.807, 2.05) is 44.2 Å². The van der Waals surface area contributed by atoms with Gasteiger partial charge in [-0.2, -0.15) is 0 Å². The quantitative estimate of drug-likeness (QED) is 0.594. The Bertz CT molecular complexity index is 1210. The fourth-order valence-corrected chi connectivity index (χ4v) is 3.04. The van der Waals surface area contributed by atoms with Crippen LogP contribution in [0.4, 0.5) is 0 Å². The van der Waals surface area contributed by atoms with Crippen LogP contribution in [0.1, 0.15) is 13.8 Å². The van der Waals surface area contributed by atoms with E-state index in [-0.39, 0.29) is 12.3 Å². The summed E-state index contributed by atoms with van der Waals surface area (Å²) in [5, 5.41) is 10.6. The highest BCUT2D eigenvalue weighted by atomic mass is 16.3. The topological polar surface area (TPSA) is 96.7 Å². The first-order valence-corrected chi connectivity index (χ1v) is 8.19. The summed E-state index contributed by atoms with van der Waals surface area (Å²) in [5.74, 6) is 0. The van der Waals surface area contributed by atoms with Crippen LogP contribution in [0.25, 0.3) is 39.2 Å². The van der Waals surface area contributed by atoms with Crippen LogP contribution >= 0.6 is 0 Å². The van der Waals surface area contributed by atoms with Gasteiger partial charge in [0, 0.05) is 17.1 Å². The molecule has 0 atom stereocenters. The normalized spacial score (nSPS) is 11.2. The molecule has 0 fully saturated rings. The van der Waals surface area contributed by atoms with Gasteiger partial charge in [-0.25, -0.2) is 19.3 Å². The van der Waals surface area contributed by atoms with Crippen molar-refractivity contribution >= 4 is 27.9 Å². The Morgan fingerprint density at radius 2 is 2.04 bits per heavy atom. The molecule has 0 saturated heterocycles. The van der Waals surface area contributed by atoms with Gasteiger partial charge in [0.2, 0.25) is 0 Å². The third-order valence-corrected chi connectivity index (χ3v) is 4.31. The van der Waals surface area contributed by atoms with Crippen LogP contribution < -0.4 is 5.69 Å². The molecule has 4 aromatic rings. The molecule has 0 amide bonds. The number of hydrogen-bond acceptors (Lipinski definition) is 5. The van der Waals surface area contributed by atoms with Crippen molar-refractivity contribution < 1.29 is 5.11 Å². The van der Waals surface area contributed by atoms with Crippen LogP contribution in [0.3, 0.4) is 0 Å². The first-order chi connectivity index (χ1) is 12.6. The summed E-state index contributed by atoms with van der Waals surface area (Å²) in [6.45, 7) is 3.41. The highest BCUT2D eigenvalue weighted by molar-refractivity contribution is 5.94. The fourth-order valence-electron chi connectivity index (χ4n) is 3.04. The second-order valence-corrected chi connectivity index (χ2v) is 6.17. The highest BCUT2D eigenvalue weighted by Gasteiger charge is 2.16. The number of aliphatic hydroxyl groups is 1. The molecule has 2 N–H and O–H groups in total. The van der Waals surface area contributed by atoms with Crippen molar-refractivity contribution in [2.24, 2.45) is 0 Å². The summed E-state index contributed by atoms with van der Waals surface area (Å²) in [5.41, 5.74) is 4.09. The van der Waals surface area contributed by atoms with Crippen LogP contribution in [0.2, 0.25) is 0 Å². The first kappa shape index (κ1) is 16.2. The fraction of sp³-hybridized carbons (Fsp3) is 0.158. The molecule has 0 saturated carbocycles. The molecule has 130 valence electrons. The monoisotopic (exact) mass is 347 g/mol. The average Bonchev–Trinajstić information content (AvgIpc) is 2.97. The number of benzene rings is 1. The zero-order valence-electron chi connectivity index (χ0n) is 14.4. The second-order valence-electron chi connectivity index (χ2n) is 6.17. The SMILES string of the molecule is CC(C)=C(CO)n1c(=O)[nH]c2ncc(-c3cccc4ncccc34)nc21. The maximum Gasteiger partial charge on any atom is 0.333 e. The molecule has 3 aromatic heterocycles. The van der Waals surface area contributed by atoms with Gasteiger partial charge >= 0.3 is 5.69 Å². The molecule has 0 bridgehead atoms. The lowest BCUT2D eigenvalue weighted by Gasteiger charge is -2.09. The lowest BCUT2D eigenvalue weighted by molar-refractivity contribution is 0.343.